The van der Waals surface area contributed by atoms with Crippen molar-refractivity contribution in [1.82, 2.24) is 10.5 Å². The second kappa shape index (κ2) is 6.36. The number of hydrogen-bond acceptors (Lipinski definition) is 6. The first-order chi connectivity index (χ1) is 10.0. The number of ether oxygens (including phenoxy) is 1. The third-order valence-electron chi connectivity index (χ3n) is 3.16. The maximum atomic E-state index is 11.1. The molecule has 1 aromatic carbocycles. The van der Waals surface area contributed by atoms with Gasteiger partial charge in [-0.1, -0.05) is 11.2 Å². The van der Waals surface area contributed by atoms with Gasteiger partial charge in [0.2, 0.25) is 0 Å². The average Bonchev–Trinajstić information content (AvgIpc) is 2.76. The lowest BCUT2D eigenvalue weighted by molar-refractivity contribution is -0.386. The van der Waals surface area contributed by atoms with Crippen molar-refractivity contribution in [2.75, 3.05) is 7.05 Å². The van der Waals surface area contributed by atoms with E-state index in [0.717, 1.165) is 16.8 Å². The van der Waals surface area contributed by atoms with Crippen molar-refractivity contribution in [1.29, 1.82) is 0 Å². The van der Waals surface area contributed by atoms with Gasteiger partial charge in [0.15, 0.2) is 5.75 Å². The summed E-state index contributed by atoms with van der Waals surface area (Å²) in [5.74, 6) is 0.897. The molecule has 21 heavy (non-hydrogen) atoms. The van der Waals surface area contributed by atoms with Crippen LogP contribution in [0.1, 0.15) is 22.6 Å². The van der Waals surface area contributed by atoms with E-state index in [9.17, 15) is 10.1 Å². The Hall–Kier alpha value is -2.41. The molecule has 0 radical (unpaired) electrons. The van der Waals surface area contributed by atoms with E-state index in [0.29, 0.717) is 12.3 Å². The van der Waals surface area contributed by atoms with Crippen LogP contribution in [0.3, 0.4) is 0 Å². The highest BCUT2D eigenvalue weighted by Gasteiger charge is 2.17. The first-order valence-electron chi connectivity index (χ1n) is 6.49. The molecule has 0 bridgehead atoms. The first kappa shape index (κ1) is 15.0. The van der Waals surface area contributed by atoms with Crippen molar-refractivity contribution in [2.45, 2.75) is 27.0 Å². The fraction of sp³-hybridized carbons (Fsp3) is 0.357. The van der Waals surface area contributed by atoms with Crippen LogP contribution in [0.15, 0.2) is 22.7 Å². The molecular formula is C14H17N3O4. The summed E-state index contributed by atoms with van der Waals surface area (Å²) in [5.41, 5.74) is 2.39. The fourth-order valence-corrected chi connectivity index (χ4v) is 2.00. The summed E-state index contributed by atoms with van der Waals surface area (Å²) in [4.78, 5) is 10.6. The third kappa shape index (κ3) is 3.38. The maximum Gasteiger partial charge on any atom is 0.310 e. The highest BCUT2D eigenvalue weighted by atomic mass is 16.6. The lowest BCUT2D eigenvalue weighted by Gasteiger charge is -2.08. The molecule has 112 valence electrons. The van der Waals surface area contributed by atoms with Crippen LogP contribution in [0.25, 0.3) is 0 Å². The largest absolute Gasteiger partial charge is 0.482 e. The SMILES string of the molecule is CNCc1ccc([N+](=O)[O-])c(OCc2c(C)noc2C)c1. The number of nitrogens with one attached hydrogen (secondary N) is 1. The molecule has 0 aliphatic rings. The normalized spacial score (nSPS) is 10.6. The number of nitro benzene ring substituents is 1. The van der Waals surface area contributed by atoms with Crippen molar-refractivity contribution < 1.29 is 14.2 Å². The molecule has 0 amide bonds. The topological polar surface area (TPSA) is 90.4 Å². The summed E-state index contributed by atoms with van der Waals surface area (Å²) in [6.45, 7) is 4.39. The average molecular weight is 291 g/mol. The Balaban J connectivity index is 2.24. The quantitative estimate of drug-likeness (QED) is 0.649. The minimum Gasteiger partial charge on any atom is -0.482 e. The van der Waals surface area contributed by atoms with Gasteiger partial charge in [0.1, 0.15) is 12.4 Å². The number of hydrogen-bond donors (Lipinski definition) is 1. The zero-order chi connectivity index (χ0) is 15.4. The molecule has 0 aliphatic heterocycles. The van der Waals surface area contributed by atoms with Gasteiger partial charge in [0.25, 0.3) is 0 Å². The molecule has 0 saturated heterocycles. The second-order valence-electron chi connectivity index (χ2n) is 4.68. The second-order valence-corrected chi connectivity index (χ2v) is 4.68. The van der Waals surface area contributed by atoms with Crippen LogP contribution in [-0.4, -0.2) is 17.1 Å². The molecule has 0 spiro atoms. The number of benzene rings is 1. The molecule has 7 heteroatoms. The molecule has 0 atom stereocenters. The Morgan fingerprint density at radius 1 is 1.43 bits per heavy atom. The highest BCUT2D eigenvalue weighted by molar-refractivity contribution is 5.48. The predicted octanol–water partition coefficient (Wildman–Crippen LogP) is 2.50. The van der Waals surface area contributed by atoms with Crippen molar-refractivity contribution in [2.24, 2.45) is 0 Å². The summed E-state index contributed by atoms with van der Waals surface area (Å²) < 4.78 is 10.7. The summed E-state index contributed by atoms with van der Waals surface area (Å²) in [7, 11) is 1.81. The van der Waals surface area contributed by atoms with Gasteiger partial charge in [-0.2, -0.15) is 0 Å². The summed E-state index contributed by atoms with van der Waals surface area (Å²) in [5, 5.41) is 17.9. The van der Waals surface area contributed by atoms with E-state index in [1.807, 2.05) is 7.05 Å². The van der Waals surface area contributed by atoms with Crippen LogP contribution in [0.5, 0.6) is 5.75 Å². The van der Waals surface area contributed by atoms with E-state index in [2.05, 4.69) is 10.5 Å². The van der Waals surface area contributed by atoms with E-state index >= 15 is 0 Å². The molecule has 7 nitrogen and oxygen atoms in total. The highest BCUT2D eigenvalue weighted by Crippen LogP contribution is 2.29. The van der Waals surface area contributed by atoms with E-state index in [1.54, 1.807) is 26.0 Å². The van der Waals surface area contributed by atoms with Crippen molar-refractivity contribution in [3.63, 3.8) is 0 Å². The van der Waals surface area contributed by atoms with Gasteiger partial charge in [-0.3, -0.25) is 10.1 Å². The van der Waals surface area contributed by atoms with Gasteiger partial charge in [-0.25, -0.2) is 0 Å². The van der Waals surface area contributed by atoms with E-state index in [4.69, 9.17) is 9.26 Å². The van der Waals surface area contributed by atoms with Crippen molar-refractivity contribution in [3.8, 4) is 5.75 Å². The van der Waals surface area contributed by atoms with Crippen molar-refractivity contribution in [3.05, 3.63) is 50.9 Å². The number of aryl methyl sites for hydroxylation is 2. The molecule has 1 heterocycles. The molecule has 0 aliphatic carbocycles. The van der Waals surface area contributed by atoms with E-state index in [-0.39, 0.29) is 18.0 Å². The van der Waals surface area contributed by atoms with Gasteiger partial charge in [0.05, 0.1) is 16.2 Å². The fourth-order valence-electron chi connectivity index (χ4n) is 2.00. The molecule has 0 unspecified atom stereocenters. The molecule has 1 aromatic heterocycles. The van der Waals surface area contributed by atoms with Gasteiger partial charge in [-0.15, -0.1) is 0 Å². The van der Waals surface area contributed by atoms with E-state index < -0.39 is 4.92 Å². The zero-order valence-corrected chi connectivity index (χ0v) is 12.2. The standard InChI is InChI=1S/C14H17N3O4/c1-9-12(10(2)21-16-9)8-20-14-6-11(7-15-3)4-5-13(14)17(18)19/h4-6,15H,7-8H2,1-3H3. The van der Waals surface area contributed by atoms with E-state index in [1.165, 1.54) is 6.07 Å². The molecule has 0 saturated carbocycles. The summed E-state index contributed by atoms with van der Waals surface area (Å²) in [6, 6.07) is 4.83. The van der Waals surface area contributed by atoms with Crippen LogP contribution in [0.2, 0.25) is 0 Å². The Morgan fingerprint density at radius 2 is 2.19 bits per heavy atom. The Labute approximate surface area is 122 Å². The lowest BCUT2D eigenvalue weighted by Crippen LogP contribution is -2.06. The van der Waals surface area contributed by atoms with Gasteiger partial charge < -0.3 is 14.6 Å². The molecule has 0 fully saturated rings. The summed E-state index contributed by atoms with van der Waals surface area (Å²) in [6.07, 6.45) is 0. The van der Waals surface area contributed by atoms with Gasteiger partial charge in [0, 0.05) is 12.6 Å². The predicted molar refractivity (Wildman–Crippen MR) is 76.2 cm³/mol. The van der Waals surface area contributed by atoms with Crippen LogP contribution < -0.4 is 10.1 Å². The minimum absolute atomic E-state index is 0.0541. The Kier molecular flexibility index (Phi) is 4.54. The minimum atomic E-state index is -0.453. The molecular weight excluding hydrogens is 274 g/mol. The number of nitro groups is 1. The van der Waals surface area contributed by atoms with Crippen LogP contribution >= 0.6 is 0 Å². The molecule has 2 rings (SSSR count). The van der Waals surface area contributed by atoms with Crippen LogP contribution in [0.4, 0.5) is 5.69 Å². The van der Waals surface area contributed by atoms with Crippen LogP contribution in [-0.2, 0) is 13.2 Å². The Morgan fingerprint density at radius 3 is 2.76 bits per heavy atom. The Bertz CT molecular complexity index is 632. The number of rotatable bonds is 6. The van der Waals surface area contributed by atoms with Crippen LogP contribution in [0, 0.1) is 24.0 Å². The number of nitrogens with zero attached hydrogens (tertiary/aromatic N) is 2. The maximum absolute atomic E-state index is 11.1. The lowest BCUT2D eigenvalue weighted by atomic mass is 10.2. The zero-order valence-electron chi connectivity index (χ0n) is 12.2. The summed E-state index contributed by atoms with van der Waals surface area (Å²) >= 11 is 0. The smallest absolute Gasteiger partial charge is 0.310 e. The molecule has 1 N–H and O–H groups in total. The van der Waals surface area contributed by atoms with Gasteiger partial charge >= 0.3 is 5.69 Å². The third-order valence-corrected chi connectivity index (χ3v) is 3.16. The monoisotopic (exact) mass is 291 g/mol. The molecule has 2 aromatic rings. The van der Waals surface area contributed by atoms with Gasteiger partial charge in [-0.05, 0) is 32.5 Å². The first-order valence-corrected chi connectivity index (χ1v) is 6.49. The number of aromatic nitrogens is 1. The van der Waals surface area contributed by atoms with Crippen molar-refractivity contribution >= 4 is 5.69 Å².